The summed E-state index contributed by atoms with van der Waals surface area (Å²) in [4.78, 5) is 12.0. The fourth-order valence-electron chi connectivity index (χ4n) is 2.71. The van der Waals surface area contributed by atoms with Crippen molar-refractivity contribution in [1.82, 2.24) is 9.62 Å². The van der Waals surface area contributed by atoms with Crippen LogP contribution in [0, 0.1) is 11.8 Å². The van der Waals surface area contributed by atoms with E-state index in [0.717, 1.165) is 6.42 Å². The van der Waals surface area contributed by atoms with E-state index in [4.69, 9.17) is 0 Å². The highest BCUT2D eigenvalue weighted by molar-refractivity contribution is 7.88. The highest BCUT2D eigenvalue weighted by Crippen LogP contribution is 2.25. The predicted octanol–water partition coefficient (Wildman–Crippen LogP) is 0.573. The van der Waals surface area contributed by atoms with E-state index in [1.165, 1.54) is 29.8 Å². The second kappa shape index (κ2) is 5.17. The molecule has 2 aliphatic rings. The van der Waals surface area contributed by atoms with E-state index in [9.17, 15) is 13.2 Å². The minimum absolute atomic E-state index is 0.0219. The van der Waals surface area contributed by atoms with Crippen LogP contribution in [0.4, 0.5) is 0 Å². The molecule has 0 aromatic carbocycles. The van der Waals surface area contributed by atoms with Crippen LogP contribution < -0.4 is 5.32 Å². The van der Waals surface area contributed by atoms with Gasteiger partial charge in [0, 0.05) is 19.1 Å². The summed E-state index contributed by atoms with van der Waals surface area (Å²) in [7, 11) is -3.12. The summed E-state index contributed by atoms with van der Waals surface area (Å²) in [5, 5.41) is 3.08. The van der Waals surface area contributed by atoms with E-state index in [-0.39, 0.29) is 17.9 Å². The minimum atomic E-state index is -3.12. The Kier molecular flexibility index (Phi) is 3.96. The summed E-state index contributed by atoms with van der Waals surface area (Å²) in [5.74, 6) is 0.399. The number of hydrogen-bond donors (Lipinski definition) is 1. The van der Waals surface area contributed by atoms with E-state index in [1.54, 1.807) is 0 Å². The van der Waals surface area contributed by atoms with Crippen LogP contribution in [0.5, 0.6) is 0 Å². The van der Waals surface area contributed by atoms with E-state index < -0.39 is 10.0 Å². The molecule has 2 rings (SSSR count). The van der Waals surface area contributed by atoms with Crippen molar-refractivity contribution >= 4 is 15.9 Å². The van der Waals surface area contributed by atoms with Gasteiger partial charge in [-0.05, 0) is 18.8 Å². The molecule has 1 saturated heterocycles. The highest BCUT2D eigenvalue weighted by atomic mass is 32.2. The van der Waals surface area contributed by atoms with Gasteiger partial charge in [-0.1, -0.05) is 19.8 Å². The number of nitrogens with one attached hydrogen (secondary N) is 1. The van der Waals surface area contributed by atoms with Gasteiger partial charge in [0.25, 0.3) is 0 Å². The average Bonchev–Trinajstić information content (AvgIpc) is 2.16. The second-order valence-electron chi connectivity index (χ2n) is 5.65. The lowest BCUT2D eigenvalue weighted by atomic mass is 9.85. The zero-order chi connectivity index (χ0) is 13.3. The molecule has 0 spiro atoms. The Balaban J connectivity index is 1.80. The van der Waals surface area contributed by atoms with Crippen LogP contribution in [0.3, 0.4) is 0 Å². The molecule has 2 fully saturated rings. The van der Waals surface area contributed by atoms with Crippen LogP contribution in [-0.2, 0) is 14.8 Å². The SMILES string of the molecule is CC1CCCCC1NC(=O)C1CN(S(C)(=O)=O)C1. The molecule has 0 aromatic rings. The molecule has 104 valence electrons. The Labute approximate surface area is 109 Å². The van der Waals surface area contributed by atoms with Crippen molar-refractivity contribution in [2.45, 2.75) is 38.6 Å². The van der Waals surface area contributed by atoms with Gasteiger partial charge in [-0.15, -0.1) is 0 Å². The van der Waals surface area contributed by atoms with Gasteiger partial charge in [-0.2, -0.15) is 0 Å². The normalized spacial score (nSPS) is 30.8. The number of amides is 1. The summed E-state index contributed by atoms with van der Waals surface area (Å²) in [5.41, 5.74) is 0. The first-order valence-electron chi connectivity index (χ1n) is 6.63. The molecule has 2 unspecified atom stereocenters. The van der Waals surface area contributed by atoms with Gasteiger partial charge in [0.2, 0.25) is 15.9 Å². The predicted molar refractivity (Wildman–Crippen MR) is 69.5 cm³/mol. The van der Waals surface area contributed by atoms with Crippen LogP contribution in [0.2, 0.25) is 0 Å². The van der Waals surface area contributed by atoms with E-state index in [0.29, 0.717) is 19.0 Å². The van der Waals surface area contributed by atoms with E-state index >= 15 is 0 Å². The molecule has 1 heterocycles. The van der Waals surface area contributed by atoms with Crippen LogP contribution in [0.1, 0.15) is 32.6 Å². The van der Waals surface area contributed by atoms with Crippen LogP contribution in [-0.4, -0.2) is 44.0 Å². The van der Waals surface area contributed by atoms with E-state index in [2.05, 4.69) is 12.2 Å². The van der Waals surface area contributed by atoms with Crippen LogP contribution in [0.25, 0.3) is 0 Å². The monoisotopic (exact) mass is 274 g/mol. The Hall–Kier alpha value is -0.620. The molecule has 0 aromatic heterocycles. The van der Waals surface area contributed by atoms with Crippen LogP contribution in [0.15, 0.2) is 0 Å². The van der Waals surface area contributed by atoms with Crippen molar-refractivity contribution in [2.75, 3.05) is 19.3 Å². The van der Waals surface area contributed by atoms with Crippen molar-refractivity contribution < 1.29 is 13.2 Å². The third-order valence-electron chi connectivity index (χ3n) is 4.13. The maximum atomic E-state index is 12.0. The number of nitrogens with zero attached hydrogens (tertiary/aromatic N) is 1. The van der Waals surface area contributed by atoms with Gasteiger partial charge in [0.15, 0.2) is 0 Å². The first-order valence-corrected chi connectivity index (χ1v) is 8.48. The topological polar surface area (TPSA) is 66.5 Å². The molecule has 0 radical (unpaired) electrons. The molecule has 1 aliphatic heterocycles. The average molecular weight is 274 g/mol. The maximum absolute atomic E-state index is 12.0. The number of carbonyl (C=O) groups is 1. The zero-order valence-corrected chi connectivity index (χ0v) is 11.9. The molecule has 1 saturated carbocycles. The second-order valence-corrected chi connectivity index (χ2v) is 7.64. The standard InChI is InChI=1S/C12H22N2O3S/c1-9-5-3-4-6-11(9)13-12(15)10-7-14(8-10)18(2,16)17/h9-11H,3-8H2,1-2H3,(H,13,15). The summed E-state index contributed by atoms with van der Waals surface area (Å²) in [6.45, 7) is 2.85. The Morgan fingerprint density at radius 1 is 1.22 bits per heavy atom. The molecule has 2 atom stereocenters. The molecule has 1 aliphatic carbocycles. The van der Waals surface area contributed by atoms with Gasteiger partial charge in [-0.25, -0.2) is 12.7 Å². The van der Waals surface area contributed by atoms with Crippen molar-refractivity contribution in [1.29, 1.82) is 0 Å². The molecular formula is C12H22N2O3S. The quantitative estimate of drug-likeness (QED) is 0.818. The molecular weight excluding hydrogens is 252 g/mol. The first kappa shape index (κ1) is 13.8. The fraction of sp³-hybridized carbons (Fsp3) is 0.917. The van der Waals surface area contributed by atoms with Gasteiger partial charge in [0.05, 0.1) is 12.2 Å². The largest absolute Gasteiger partial charge is 0.353 e. The van der Waals surface area contributed by atoms with Gasteiger partial charge < -0.3 is 5.32 Å². The van der Waals surface area contributed by atoms with Crippen molar-refractivity contribution in [3.8, 4) is 0 Å². The van der Waals surface area contributed by atoms with Crippen molar-refractivity contribution in [2.24, 2.45) is 11.8 Å². The molecule has 0 bridgehead atoms. The maximum Gasteiger partial charge on any atom is 0.226 e. The highest BCUT2D eigenvalue weighted by Gasteiger charge is 2.38. The third-order valence-corrected chi connectivity index (χ3v) is 5.36. The minimum Gasteiger partial charge on any atom is -0.353 e. The number of hydrogen-bond acceptors (Lipinski definition) is 3. The molecule has 1 amide bonds. The van der Waals surface area contributed by atoms with Crippen molar-refractivity contribution in [3.63, 3.8) is 0 Å². The van der Waals surface area contributed by atoms with Gasteiger partial charge >= 0.3 is 0 Å². The number of carbonyl (C=O) groups excluding carboxylic acids is 1. The summed E-state index contributed by atoms with van der Waals surface area (Å²) in [6, 6.07) is 0.276. The van der Waals surface area contributed by atoms with Crippen LogP contribution >= 0.6 is 0 Å². The van der Waals surface area contributed by atoms with Gasteiger partial charge in [0.1, 0.15) is 0 Å². The smallest absolute Gasteiger partial charge is 0.226 e. The summed E-state index contributed by atoms with van der Waals surface area (Å²) >= 11 is 0. The molecule has 6 heteroatoms. The summed E-state index contributed by atoms with van der Waals surface area (Å²) < 4.78 is 23.8. The third kappa shape index (κ3) is 3.03. The van der Waals surface area contributed by atoms with Crippen molar-refractivity contribution in [3.05, 3.63) is 0 Å². The Morgan fingerprint density at radius 3 is 2.39 bits per heavy atom. The number of sulfonamides is 1. The van der Waals surface area contributed by atoms with E-state index in [1.807, 2.05) is 0 Å². The molecule has 18 heavy (non-hydrogen) atoms. The zero-order valence-electron chi connectivity index (χ0n) is 11.1. The molecule has 1 N–H and O–H groups in total. The lowest BCUT2D eigenvalue weighted by molar-refractivity contribution is -0.129. The summed E-state index contributed by atoms with van der Waals surface area (Å²) in [6.07, 6.45) is 5.83. The Morgan fingerprint density at radius 2 is 1.83 bits per heavy atom. The number of rotatable bonds is 3. The lowest BCUT2D eigenvalue weighted by Crippen LogP contribution is -2.57. The first-order chi connectivity index (χ1) is 8.38. The fourth-order valence-corrected chi connectivity index (χ4v) is 3.61. The lowest BCUT2D eigenvalue weighted by Gasteiger charge is -2.38. The van der Waals surface area contributed by atoms with Gasteiger partial charge in [-0.3, -0.25) is 4.79 Å². The Bertz CT molecular complexity index is 415. The molecule has 5 nitrogen and oxygen atoms in total.